The van der Waals surface area contributed by atoms with Crippen molar-refractivity contribution >= 4 is 15.9 Å². The summed E-state index contributed by atoms with van der Waals surface area (Å²) < 4.78 is 5.84. The van der Waals surface area contributed by atoms with Gasteiger partial charge in [-0.15, -0.1) is 0 Å². The molecule has 0 amide bonds. The molecule has 1 aliphatic carbocycles. The van der Waals surface area contributed by atoms with Gasteiger partial charge in [-0.1, -0.05) is 54.8 Å². The third-order valence-corrected chi connectivity index (χ3v) is 6.66. The van der Waals surface area contributed by atoms with Crippen LogP contribution in [0.4, 0.5) is 0 Å². The van der Waals surface area contributed by atoms with E-state index in [-0.39, 0.29) is 0 Å². The number of halogens is 1. The third-order valence-electron chi connectivity index (χ3n) is 5.16. The molecule has 2 aliphatic rings. The highest BCUT2D eigenvalue weighted by Crippen LogP contribution is 2.55. The third kappa shape index (κ3) is 3.02. The van der Waals surface area contributed by atoms with E-state index < -0.39 is 0 Å². The summed E-state index contributed by atoms with van der Waals surface area (Å²) in [5, 5.41) is 0. The second-order valence-corrected chi connectivity index (χ2v) is 8.45. The van der Waals surface area contributed by atoms with E-state index in [9.17, 15) is 0 Å². The largest absolute Gasteiger partial charge is 0.490 e. The van der Waals surface area contributed by atoms with Crippen LogP contribution in [0.25, 0.3) is 0 Å². The molecule has 1 heterocycles. The molecule has 1 aromatic carbocycles. The lowest BCUT2D eigenvalue weighted by atomic mass is 9.74. The molecular formula is C19H27BrO. The maximum absolute atomic E-state index is 5.84. The van der Waals surface area contributed by atoms with Crippen molar-refractivity contribution in [2.24, 2.45) is 11.3 Å². The van der Waals surface area contributed by atoms with E-state index in [2.05, 4.69) is 54.9 Å². The lowest BCUT2D eigenvalue weighted by Crippen LogP contribution is -2.24. The second-order valence-electron chi connectivity index (χ2n) is 7.53. The number of alkyl halides is 1. The molecule has 3 rings (SSSR count). The summed E-state index contributed by atoms with van der Waals surface area (Å²) in [5.41, 5.74) is 3.30. The molecule has 0 spiro atoms. The van der Waals surface area contributed by atoms with Crippen LogP contribution >= 0.6 is 15.9 Å². The zero-order chi connectivity index (χ0) is 15.0. The van der Waals surface area contributed by atoms with E-state index in [1.54, 1.807) is 0 Å². The fraction of sp³-hybridized carbons (Fsp3) is 0.684. The highest BCUT2D eigenvalue weighted by molar-refractivity contribution is 9.09. The van der Waals surface area contributed by atoms with Gasteiger partial charge in [0.05, 0.1) is 0 Å². The number of fused-ring (bicyclic) bond motifs is 1. The van der Waals surface area contributed by atoms with Gasteiger partial charge in [-0.3, -0.25) is 0 Å². The van der Waals surface area contributed by atoms with Crippen molar-refractivity contribution in [3.05, 3.63) is 29.3 Å². The molecule has 0 bridgehead atoms. The molecule has 1 nitrogen and oxygen atoms in total. The SMILES string of the molecule is CC(C)CC1(C(Br)c2ccc3c(c2)CC(C)O3)CCCC1. The Kier molecular flexibility index (Phi) is 4.36. The highest BCUT2D eigenvalue weighted by atomic mass is 79.9. The average Bonchev–Trinajstić information content (AvgIpc) is 3.02. The minimum absolute atomic E-state index is 0.333. The Labute approximate surface area is 137 Å². The molecule has 116 valence electrons. The fourth-order valence-electron chi connectivity index (χ4n) is 4.41. The molecule has 2 unspecified atom stereocenters. The van der Waals surface area contributed by atoms with Crippen LogP contribution in [-0.2, 0) is 6.42 Å². The molecule has 2 heteroatoms. The van der Waals surface area contributed by atoms with Crippen molar-refractivity contribution in [2.45, 2.75) is 70.2 Å². The van der Waals surface area contributed by atoms with Crippen molar-refractivity contribution in [3.63, 3.8) is 0 Å². The van der Waals surface area contributed by atoms with Crippen molar-refractivity contribution in [3.8, 4) is 5.75 Å². The molecule has 0 radical (unpaired) electrons. The maximum atomic E-state index is 5.84. The predicted molar refractivity (Wildman–Crippen MR) is 92.3 cm³/mol. The van der Waals surface area contributed by atoms with Crippen molar-refractivity contribution in [2.75, 3.05) is 0 Å². The number of rotatable bonds is 4. The van der Waals surface area contributed by atoms with Gasteiger partial charge in [0.2, 0.25) is 0 Å². The Morgan fingerprint density at radius 1 is 1.29 bits per heavy atom. The van der Waals surface area contributed by atoms with Crippen LogP contribution in [0.15, 0.2) is 18.2 Å². The predicted octanol–water partition coefficient (Wildman–Crippen LogP) is 6.05. The minimum atomic E-state index is 0.333. The normalized spacial score (nSPS) is 24.9. The van der Waals surface area contributed by atoms with Gasteiger partial charge in [-0.2, -0.15) is 0 Å². The first kappa shape index (κ1) is 15.4. The Hall–Kier alpha value is -0.500. The molecule has 1 aromatic rings. The second kappa shape index (κ2) is 5.95. The molecule has 0 aromatic heterocycles. The first-order valence-corrected chi connectivity index (χ1v) is 9.35. The summed E-state index contributed by atoms with van der Waals surface area (Å²) >= 11 is 4.08. The number of hydrogen-bond acceptors (Lipinski definition) is 1. The van der Waals surface area contributed by atoms with E-state index in [1.165, 1.54) is 43.2 Å². The molecule has 2 atom stereocenters. The lowest BCUT2D eigenvalue weighted by molar-refractivity contribution is 0.230. The number of hydrogen-bond donors (Lipinski definition) is 0. The van der Waals surface area contributed by atoms with Crippen LogP contribution in [0.5, 0.6) is 5.75 Å². The zero-order valence-electron chi connectivity index (χ0n) is 13.5. The van der Waals surface area contributed by atoms with Crippen LogP contribution in [0.3, 0.4) is 0 Å². The molecule has 1 fully saturated rings. The Bertz CT molecular complexity index is 502. The molecule has 0 N–H and O–H groups in total. The van der Waals surface area contributed by atoms with Crippen LogP contribution < -0.4 is 4.74 Å². The summed E-state index contributed by atoms with van der Waals surface area (Å²) in [6.07, 6.45) is 8.23. The summed E-state index contributed by atoms with van der Waals surface area (Å²) in [7, 11) is 0. The van der Waals surface area contributed by atoms with Gasteiger partial charge in [-0.05, 0) is 54.7 Å². The average molecular weight is 351 g/mol. The van der Waals surface area contributed by atoms with Crippen molar-refractivity contribution < 1.29 is 4.74 Å². The summed E-state index contributed by atoms with van der Waals surface area (Å²) in [6, 6.07) is 6.84. The van der Waals surface area contributed by atoms with Crippen molar-refractivity contribution in [1.29, 1.82) is 0 Å². The van der Waals surface area contributed by atoms with Gasteiger partial charge in [-0.25, -0.2) is 0 Å². The fourth-order valence-corrected chi connectivity index (χ4v) is 5.34. The maximum Gasteiger partial charge on any atom is 0.123 e. The molecule has 1 saturated carbocycles. The van der Waals surface area contributed by atoms with E-state index in [4.69, 9.17) is 4.74 Å². The molecule has 1 aliphatic heterocycles. The molecule has 0 saturated heterocycles. The first-order chi connectivity index (χ1) is 10.00. The van der Waals surface area contributed by atoms with Crippen molar-refractivity contribution in [1.82, 2.24) is 0 Å². The molecule has 21 heavy (non-hydrogen) atoms. The zero-order valence-corrected chi connectivity index (χ0v) is 15.1. The Morgan fingerprint density at radius 3 is 2.67 bits per heavy atom. The summed E-state index contributed by atoms with van der Waals surface area (Å²) in [5.74, 6) is 1.86. The smallest absolute Gasteiger partial charge is 0.123 e. The van der Waals surface area contributed by atoms with Gasteiger partial charge in [0.1, 0.15) is 11.9 Å². The topological polar surface area (TPSA) is 9.23 Å². The van der Waals surface area contributed by atoms with E-state index >= 15 is 0 Å². The van der Waals surface area contributed by atoms with Gasteiger partial charge >= 0.3 is 0 Å². The van der Waals surface area contributed by atoms with Crippen LogP contribution in [0.2, 0.25) is 0 Å². The highest BCUT2D eigenvalue weighted by Gasteiger charge is 2.41. The van der Waals surface area contributed by atoms with Gasteiger partial charge in [0.25, 0.3) is 0 Å². The monoisotopic (exact) mass is 350 g/mol. The quantitative estimate of drug-likeness (QED) is 0.600. The van der Waals surface area contributed by atoms with Gasteiger partial charge in [0, 0.05) is 11.2 Å². The van der Waals surface area contributed by atoms with E-state index in [0.717, 1.165) is 18.1 Å². The van der Waals surface area contributed by atoms with E-state index in [1.807, 2.05) is 0 Å². The first-order valence-electron chi connectivity index (χ1n) is 8.44. The minimum Gasteiger partial charge on any atom is -0.490 e. The standard InChI is InChI=1S/C19H27BrO/c1-13(2)12-19(8-4-5-9-19)18(20)15-6-7-17-16(11-15)10-14(3)21-17/h6-7,11,13-14,18H,4-5,8-10,12H2,1-3H3. The van der Waals surface area contributed by atoms with E-state index in [0.29, 0.717) is 16.3 Å². The van der Waals surface area contributed by atoms with Gasteiger partial charge < -0.3 is 4.74 Å². The number of ether oxygens (including phenoxy) is 1. The van der Waals surface area contributed by atoms with Gasteiger partial charge in [0.15, 0.2) is 0 Å². The van der Waals surface area contributed by atoms with Crippen LogP contribution in [0.1, 0.15) is 68.8 Å². The van der Waals surface area contributed by atoms with Crippen LogP contribution in [-0.4, -0.2) is 6.10 Å². The van der Waals surface area contributed by atoms with Crippen LogP contribution in [0, 0.1) is 11.3 Å². The Morgan fingerprint density at radius 2 is 2.00 bits per heavy atom. The summed E-state index contributed by atoms with van der Waals surface area (Å²) in [4.78, 5) is 0.483. The number of benzene rings is 1. The summed E-state index contributed by atoms with van der Waals surface area (Å²) in [6.45, 7) is 6.87. The lowest BCUT2D eigenvalue weighted by Gasteiger charge is -2.36. The Balaban J connectivity index is 1.87. The molecular weight excluding hydrogens is 324 g/mol.